The highest BCUT2D eigenvalue weighted by Gasteiger charge is 2.28. The summed E-state index contributed by atoms with van der Waals surface area (Å²) in [6.07, 6.45) is 0. The Labute approximate surface area is 90.3 Å². The molecule has 82 valence electrons. The Hall–Kier alpha value is -1.01. The van der Waals surface area contributed by atoms with Gasteiger partial charge >= 0.3 is 13.6 Å². The number of hydrogen-bond acceptors (Lipinski definition) is 4. The minimum Gasteiger partial charge on any atom is -0.478 e. The van der Waals surface area contributed by atoms with Crippen LogP contribution in [0.3, 0.4) is 0 Å². The number of carboxylic acid groups (broad SMARTS) is 1. The van der Waals surface area contributed by atoms with Gasteiger partial charge in [0.25, 0.3) is 0 Å². The van der Waals surface area contributed by atoms with Crippen molar-refractivity contribution in [2.75, 3.05) is 5.73 Å². The normalized spacial score (nSPS) is 11.4. The first-order valence-corrected chi connectivity index (χ1v) is 5.72. The van der Waals surface area contributed by atoms with Crippen LogP contribution < -0.4 is 11.0 Å². The van der Waals surface area contributed by atoms with Gasteiger partial charge in [-0.1, -0.05) is 0 Å². The van der Waals surface area contributed by atoms with E-state index < -0.39 is 24.4 Å². The number of hydrogen-bond donors (Lipinski definition) is 5. The Bertz CT molecular complexity index is 469. The molecule has 8 heteroatoms. The second-order valence-electron chi connectivity index (χ2n) is 2.75. The van der Waals surface area contributed by atoms with E-state index in [9.17, 15) is 9.36 Å². The molecular weight excluding hydrogens is 241 g/mol. The van der Waals surface area contributed by atoms with Gasteiger partial charge < -0.3 is 20.6 Å². The fraction of sp³-hybridized carbons (Fsp3) is 0. The molecule has 0 spiro atoms. The maximum absolute atomic E-state index is 11.1. The molecule has 0 aromatic heterocycles. The molecule has 15 heavy (non-hydrogen) atoms. The molecule has 0 saturated heterocycles. The highest BCUT2D eigenvalue weighted by Crippen LogP contribution is 2.39. The first kappa shape index (κ1) is 12.1. The van der Waals surface area contributed by atoms with Crippen molar-refractivity contribution < 1.29 is 24.3 Å². The first-order chi connectivity index (χ1) is 6.75. The molecule has 0 fully saturated rings. The second-order valence-corrected chi connectivity index (χ2v) is 4.73. The van der Waals surface area contributed by atoms with Crippen LogP contribution in [0.25, 0.3) is 0 Å². The van der Waals surface area contributed by atoms with Crippen molar-refractivity contribution >= 4 is 37.2 Å². The molecule has 0 aliphatic heterocycles. The highest BCUT2D eigenvalue weighted by molar-refractivity contribution is 7.81. The Balaban J connectivity index is 3.64. The molecule has 6 nitrogen and oxygen atoms in total. The van der Waals surface area contributed by atoms with Crippen LogP contribution in [0, 0.1) is 0 Å². The largest absolute Gasteiger partial charge is 0.478 e. The Morgan fingerprint density at radius 2 is 1.93 bits per heavy atom. The fourth-order valence-electron chi connectivity index (χ4n) is 1.06. The van der Waals surface area contributed by atoms with Crippen molar-refractivity contribution in [3.05, 3.63) is 17.7 Å². The van der Waals surface area contributed by atoms with E-state index in [1.54, 1.807) is 0 Å². The van der Waals surface area contributed by atoms with Gasteiger partial charge in [0.15, 0.2) is 0 Å². The summed E-state index contributed by atoms with van der Waals surface area (Å²) in [4.78, 5) is 28.4. The molecular formula is C7H8NO5PS. The standard InChI is InChI=1S/C7H8NO5PS/c8-4-2-1-3(7(9)10)5(6(4)15)14(11,12)13/h1-2,15H,8H2,(H,9,10)(H2,11,12,13). The number of nitrogen functional groups attached to an aromatic ring is 1. The summed E-state index contributed by atoms with van der Waals surface area (Å²) in [7, 11) is -4.71. The number of aromatic carboxylic acids is 1. The maximum atomic E-state index is 11.1. The van der Waals surface area contributed by atoms with Gasteiger partial charge in [0.1, 0.15) is 0 Å². The zero-order valence-electron chi connectivity index (χ0n) is 7.28. The third kappa shape index (κ3) is 2.32. The topological polar surface area (TPSA) is 121 Å². The molecule has 0 heterocycles. The first-order valence-electron chi connectivity index (χ1n) is 3.66. The number of nitrogens with two attached hydrogens (primary N) is 1. The maximum Gasteiger partial charge on any atom is 0.358 e. The quantitative estimate of drug-likeness (QED) is 0.287. The third-order valence-electron chi connectivity index (χ3n) is 1.70. The van der Waals surface area contributed by atoms with E-state index in [1.807, 2.05) is 0 Å². The van der Waals surface area contributed by atoms with Crippen LogP contribution in [0.5, 0.6) is 0 Å². The zero-order chi connectivity index (χ0) is 11.8. The van der Waals surface area contributed by atoms with Gasteiger partial charge in [0.2, 0.25) is 0 Å². The van der Waals surface area contributed by atoms with Crippen LogP contribution >= 0.6 is 20.2 Å². The van der Waals surface area contributed by atoms with Crippen molar-refractivity contribution in [3.63, 3.8) is 0 Å². The van der Waals surface area contributed by atoms with Crippen LogP contribution in [0.4, 0.5) is 5.69 Å². The van der Waals surface area contributed by atoms with E-state index in [0.717, 1.165) is 6.07 Å². The van der Waals surface area contributed by atoms with Gasteiger partial charge in [-0.2, -0.15) is 0 Å². The van der Waals surface area contributed by atoms with E-state index in [1.165, 1.54) is 6.07 Å². The summed E-state index contributed by atoms with van der Waals surface area (Å²) in [5.74, 6) is -1.44. The van der Waals surface area contributed by atoms with Crippen LogP contribution in [-0.4, -0.2) is 20.9 Å². The molecule has 1 aromatic rings. The Morgan fingerprint density at radius 1 is 1.40 bits per heavy atom. The number of anilines is 1. The molecule has 0 atom stereocenters. The summed E-state index contributed by atoms with van der Waals surface area (Å²) in [6.45, 7) is 0. The highest BCUT2D eigenvalue weighted by atomic mass is 32.1. The van der Waals surface area contributed by atoms with E-state index >= 15 is 0 Å². The Kier molecular flexibility index (Phi) is 3.11. The van der Waals surface area contributed by atoms with Gasteiger partial charge in [-0.05, 0) is 12.1 Å². The van der Waals surface area contributed by atoms with Gasteiger partial charge in [0, 0.05) is 10.6 Å². The lowest BCUT2D eigenvalue weighted by Crippen LogP contribution is -2.18. The predicted molar refractivity (Wildman–Crippen MR) is 56.7 cm³/mol. The van der Waals surface area contributed by atoms with E-state index in [4.69, 9.17) is 20.6 Å². The van der Waals surface area contributed by atoms with Crippen molar-refractivity contribution in [2.24, 2.45) is 0 Å². The summed E-state index contributed by atoms with van der Waals surface area (Å²) in [5, 5.41) is 8.07. The third-order valence-corrected chi connectivity index (χ3v) is 3.41. The van der Waals surface area contributed by atoms with E-state index in [-0.39, 0.29) is 10.6 Å². The van der Waals surface area contributed by atoms with Crippen molar-refractivity contribution in [1.29, 1.82) is 0 Å². The van der Waals surface area contributed by atoms with E-state index in [0.29, 0.717) is 0 Å². The second kappa shape index (κ2) is 3.86. The summed E-state index contributed by atoms with van der Waals surface area (Å²) in [6, 6.07) is 2.26. The lowest BCUT2D eigenvalue weighted by molar-refractivity contribution is 0.0697. The van der Waals surface area contributed by atoms with Crippen LogP contribution in [0.2, 0.25) is 0 Å². The van der Waals surface area contributed by atoms with Gasteiger partial charge in [0.05, 0.1) is 10.9 Å². The fourth-order valence-corrected chi connectivity index (χ4v) is 2.54. The predicted octanol–water partition coefficient (Wildman–Crippen LogP) is 0.0587. The molecule has 0 unspecified atom stereocenters. The summed E-state index contributed by atoms with van der Waals surface area (Å²) < 4.78 is 11.1. The lowest BCUT2D eigenvalue weighted by atomic mass is 10.2. The molecule has 0 saturated carbocycles. The molecule has 0 bridgehead atoms. The molecule has 5 N–H and O–H groups in total. The van der Waals surface area contributed by atoms with Crippen molar-refractivity contribution in [3.8, 4) is 0 Å². The van der Waals surface area contributed by atoms with Crippen LogP contribution in [0.1, 0.15) is 10.4 Å². The molecule has 1 rings (SSSR count). The van der Waals surface area contributed by atoms with E-state index in [2.05, 4.69) is 12.6 Å². The number of benzene rings is 1. The van der Waals surface area contributed by atoms with Gasteiger partial charge in [-0.15, -0.1) is 12.6 Å². The zero-order valence-corrected chi connectivity index (χ0v) is 9.07. The average Bonchev–Trinajstić information content (AvgIpc) is 2.06. The molecule has 0 amide bonds. The average molecular weight is 249 g/mol. The smallest absolute Gasteiger partial charge is 0.358 e. The van der Waals surface area contributed by atoms with Gasteiger partial charge in [-0.25, -0.2) is 4.79 Å². The van der Waals surface area contributed by atoms with Gasteiger partial charge in [-0.3, -0.25) is 4.57 Å². The molecule has 0 aliphatic carbocycles. The van der Waals surface area contributed by atoms with Crippen molar-refractivity contribution in [1.82, 2.24) is 0 Å². The molecule has 0 radical (unpaired) electrons. The minimum atomic E-state index is -4.71. The van der Waals surface area contributed by atoms with Crippen LogP contribution in [-0.2, 0) is 4.57 Å². The number of carboxylic acids is 1. The summed E-state index contributed by atoms with van der Waals surface area (Å²) >= 11 is 3.79. The molecule has 0 aliphatic rings. The van der Waals surface area contributed by atoms with Crippen molar-refractivity contribution in [2.45, 2.75) is 4.90 Å². The number of thiol groups is 1. The number of carbonyl (C=O) groups is 1. The molecule has 1 aromatic carbocycles. The SMILES string of the molecule is Nc1ccc(C(=O)O)c(P(=O)(O)O)c1S. The minimum absolute atomic E-state index is 0.0154. The van der Waals surface area contributed by atoms with Crippen LogP contribution in [0.15, 0.2) is 17.0 Å². The Morgan fingerprint density at radius 3 is 2.33 bits per heavy atom. The monoisotopic (exact) mass is 249 g/mol. The number of rotatable bonds is 2. The lowest BCUT2D eigenvalue weighted by Gasteiger charge is -2.12. The summed E-state index contributed by atoms with van der Waals surface area (Å²) in [5.41, 5.74) is 4.89.